The standard InChI is InChI=1S/C12H13N/c1-9-4-3-5-11(6-9)12-7-10(2)8-13-12/h3-6,8H,7H2,1-2H3. The fourth-order valence-electron chi connectivity index (χ4n) is 1.54. The van der Waals surface area contributed by atoms with E-state index in [0.29, 0.717) is 0 Å². The van der Waals surface area contributed by atoms with Crippen molar-refractivity contribution in [2.24, 2.45) is 4.99 Å². The molecule has 0 fully saturated rings. The lowest BCUT2D eigenvalue weighted by atomic mass is 10.0. The van der Waals surface area contributed by atoms with Crippen LogP contribution in [0.15, 0.2) is 41.0 Å². The molecule has 0 saturated heterocycles. The van der Waals surface area contributed by atoms with E-state index in [0.717, 1.165) is 6.42 Å². The van der Waals surface area contributed by atoms with Gasteiger partial charge in [0, 0.05) is 12.6 Å². The molecule has 2 rings (SSSR count). The topological polar surface area (TPSA) is 12.4 Å². The van der Waals surface area contributed by atoms with Crippen molar-refractivity contribution in [1.82, 2.24) is 0 Å². The number of benzene rings is 1. The van der Waals surface area contributed by atoms with Crippen LogP contribution in [0.2, 0.25) is 0 Å². The van der Waals surface area contributed by atoms with Gasteiger partial charge in [0.1, 0.15) is 0 Å². The molecule has 0 amide bonds. The molecule has 0 atom stereocenters. The van der Waals surface area contributed by atoms with Crippen molar-refractivity contribution in [2.45, 2.75) is 20.3 Å². The van der Waals surface area contributed by atoms with Gasteiger partial charge in [-0.1, -0.05) is 29.8 Å². The summed E-state index contributed by atoms with van der Waals surface area (Å²) < 4.78 is 0. The molecule has 1 nitrogen and oxygen atoms in total. The maximum atomic E-state index is 4.38. The largest absolute Gasteiger partial charge is 0.260 e. The monoisotopic (exact) mass is 171 g/mol. The summed E-state index contributed by atoms with van der Waals surface area (Å²) in [5, 5.41) is 0. The third-order valence-electron chi connectivity index (χ3n) is 2.24. The van der Waals surface area contributed by atoms with Gasteiger partial charge < -0.3 is 0 Å². The van der Waals surface area contributed by atoms with Crippen LogP contribution in [0.5, 0.6) is 0 Å². The minimum absolute atomic E-state index is 1.00. The maximum Gasteiger partial charge on any atom is 0.0516 e. The molecule has 0 spiro atoms. The summed E-state index contributed by atoms with van der Waals surface area (Å²) in [6.45, 7) is 4.23. The quantitative estimate of drug-likeness (QED) is 0.615. The van der Waals surface area contributed by atoms with E-state index in [1.165, 1.54) is 22.4 Å². The second kappa shape index (κ2) is 3.17. The summed E-state index contributed by atoms with van der Waals surface area (Å²) in [4.78, 5) is 4.38. The van der Waals surface area contributed by atoms with Crippen molar-refractivity contribution in [3.8, 4) is 0 Å². The van der Waals surface area contributed by atoms with Crippen LogP contribution in [-0.4, -0.2) is 5.71 Å². The molecular formula is C12H13N. The van der Waals surface area contributed by atoms with E-state index < -0.39 is 0 Å². The summed E-state index contributed by atoms with van der Waals surface area (Å²) >= 11 is 0. The molecule has 1 heterocycles. The first-order valence-corrected chi connectivity index (χ1v) is 4.55. The Morgan fingerprint density at radius 1 is 1.23 bits per heavy atom. The van der Waals surface area contributed by atoms with Crippen molar-refractivity contribution >= 4 is 5.71 Å². The van der Waals surface area contributed by atoms with Gasteiger partial charge in [-0.3, -0.25) is 4.99 Å². The van der Waals surface area contributed by atoms with Crippen LogP contribution in [-0.2, 0) is 0 Å². The molecule has 0 unspecified atom stereocenters. The van der Waals surface area contributed by atoms with Gasteiger partial charge in [-0.25, -0.2) is 0 Å². The number of allylic oxidation sites excluding steroid dienone is 1. The Morgan fingerprint density at radius 2 is 2.08 bits per heavy atom. The lowest BCUT2D eigenvalue weighted by molar-refractivity contribution is 1.30. The van der Waals surface area contributed by atoms with Gasteiger partial charge in [0.25, 0.3) is 0 Å². The van der Waals surface area contributed by atoms with Crippen molar-refractivity contribution in [3.63, 3.8) is 0 Å². The predicted octanol–water partition coefficient (Wildman–Crippen LogP) is 3.09. The molecule has 1 aromatic rings. The van der Waals surface area contributed by atoms with Crippen LogP contribution in [0.4, 0.5) is 0 Å². The minimum Gasteiger partial charge on any atom is -0.260 e. The Balaban J connectivity index is 2.29. The van der Waals surface area contributed by atoms with Gasteiger partial charge in [-0.2, -0.15) is 0 Å². The van der Waals surface area contributed by atoms with Gasteiger partial charge in [-0.05, 0) is 25.0 Å². The lowest BCUT2D eigenvalue weighted by Crippen LogP contribution is -1.97. The van der Waals surface area contributed by atoms with Gasteiger partial charge in [0.15, 0.2) is 0 Å². The van der Waals surface area contributed by atoms with Crippen molar-refractivity contribution in [2.75, 3.05) is 0 Å². The van der Waals surface area contributed by atoms with Crippen LogP contribution < -0.4 is 0 Å². The van der Waals surface area contributed by atoms with Crippen LogP contribution in [0, 0.1) is 6.92 Å². The number of nitrogens with zero attached hydrogens (tertiary/aromatic N) is 1. The Kier molecular flexibility index (Phi) is 2.01. The average Bonchev–Trinajstić information content (AvgIpc) is 2.52. The summed E-state index contributed by atoms with van der Waals surface area (Å²) in [5.74, 6) is 0. The average molecular weight is 171 g/mol. The predicted molar refractivity (Wildman–Crippen MR) is 56.1 cm³/mol. The number of hydrogen-bond acceptors (Lipinski definition) is 1. The van der Waals surface area contributed by atoms with Crippen molar-refractivity contribution in [3.05, 3.63) is 47.2 Å². The minimum atomic E-state index is 1.00. The van der Waals surface area contributed by atoms with E-state index in [-0.39, 0.29) is 0 Å². The van der Waals surface area contributed by atoms with Crippen LogP contribution in [0.1, 0.15) is 24.5 Å². The summed E-state index contributed by atoms with van der Waals surface area (Å²) in [6, 6.07) is 8.50. The Bertz CT molecular complexity index is 386. The first kappa shape index (κ1) is 8.24. The number of aryl methyl sites for hydroxylation is 1. The zero-order valence-corrected chi connectivity index (χ0v) is 8.04. The zero-order chi connectivity index (χ0) is 9.26. The second-order valence-corrected chi connectivity index (χ2v) is 3.60. The SMILES string of the molecule is CC1=CN=C(c2cccc(C)c2)C1. The van der Waals surface area contributed by atoms with Gasteiger partial charge in [-0.15, -0.1) is 0 Å². The normalized spacial score (nSPS) is 15.5. The first-order chi connectivity index (χ1) is 6.25. The summed E-state index contributed by atoms with van der Waals surface area (Å²) in [7, 11) is 0. The highest BCUT2D eigenvalue weighted by atomic mass is 14.7. The van der Waals surface area contributed by atoms with E-state index in [4.69, 9.17) is 0 Å². The third kappa shape index (κ3) is 1.69. The smallest absolute Gasteiger partial charge is 0.0516 e. The summed E-state index contributed by atoms with van der Waals surface area (Å²) in [5.41, 5.74) is 5.09. The summed E-state index contributed by atoms with van der Waals surface area (Å²) in [6.07, 6.45) is 2.96. The molecule has 1 aromatic carbocycles. The molecule has 0 bridgehead atoms. The van der Waals surface area contributed by atoms with Gasteiger partial charge in [0.2, 0.25) is 0 Å². The molecule has 13 heavy (non-hydrogen) atoms. The molecule has 0 aliphatic carbocycles. The highest BCUT2D eigenvalue weighted by Crippen LogP contribution is 2.17. The van der Waals surface area contributed by atoms with Crippen molar-refractivity contribution < 1.29 is 0 Å². The van der Waals surface area contributed by atoms with E-state index >= 15 is 0 Å². The lowest BCUT2D eigenvalue weighted by Gasteiger charge is -2.01. The Hall–Kier alpha value is -1.37. The molecule has 1 heteroatoms. The molecule has 0 N–H and O–H groups in total. The highest BCUT2D eigenvalue weighted by Gasteiger charge is 2.08. The zero-order valence-electron chi connectivity index (χ0n) is 8.04. The number of hydrogen-bond donors (Lipinski definition) is 0. The third-order valence-corrected chi connectivity index (χ3v) is 2.24. The molecule has 0 saturated carbocycles. The van der Waals surface area contributed by atoms with Crippen molar-refractivity contribution in [1.29, 1.82) is 0 Å². The van der Waals surface area contributed by atoms with Crippen LogP contribution in [0.3, 0.4) is 0 Å². The van der Waals surface area contributed by atoms with E-state index in [1.54, 1.807) is 0 Å². The van der Waals surface area contributed by atoms with Crippen LogP contribution in [0.25, 0.3) is 0 Å². The number of rotatable bonds is 1. The molecule has 66 valence electrons. The van der Waals surface area contributed by atoms with E-state index in [9.17, 15) is 0 Å². The number of aliphatic imine (C=N–C) groups is 1. The Morgan fingerprint density at radius 3 is 2.69 bits per heavy atom. The van der Waals surface area contributed by atoms with E-state index in [2.05, 4.69) is 43.1 Å². The van der Waals surface area contributed by atoms with Crippen LogP contribution >= 0.6 is 0 Å². The molecule has 1 aliphatic heterocycles. The van der Waals surface area contributed by atoms with Gasteiger partial charge >= 0.3 is 0 Å². The van der Waals surface area contributed by atoms with E-state index in [1.807, 2.05) is 6.20 Å². The first-order valence-electron chi connectivity index (χ1n) is 4.55. The maximum absolute atomic E-state index is 4.38. The molecular weight excluding hydrogens is 158 g/mol. The van der Waals surface area contributed by atoms with Gasteiger partial charge in [0.05, 0.1) is 5.71 Å². The molecule has 0 aromatic heterocycles. The fraction of sp³-hybridized carbons (Fsp3) is 0.250. The molecule has 0 radical (unpaired) electrons. The Labute approximate surface area is 78.8 Å². The molecule has 1 aliphatic rings. The highest BCUT2D eigenvalue weighted by molar-refractivity contribution is 6.03. The fourth-order valence-corrected chi connectivity index (χ4v) is 1.54. The second-order valence-electron chi connectivity index (χ2n) is 3.60.